The molecule has 2 heterocycles. The normalized spacial score (nSPS) is 24.1. The van der Waals surface area contributed by atoms with Crippen molar-refractivity contribution in [3.8, 4) is 10.4 Å². The van der Waals surface area contributed by atoms with Crippen LogP contribution in [0.1, 0.15) is 15.5 Å². The average molecular weight is 349 g/mol. The Balaban J connectivity index is 1.97. The van der Waals surface area contributed by atoms with Crippen molar-refractivity contribution in [1.82, 2.24) is 10.3 Å². The predicted octanol–water partition coefficient (Wildman–Crippen LogP) is 1.77. The summed E-state index contributed by atoms with van der Waals surface area (Å²) in [6.45, 7) is 4.49. The van der Waals surface area contributed by atoms with E-state index in [0.29, 0.717) is 25.3 Å². The molecule has 5 nitrogen and oxygen atoms in total. The maximum Gasteiger partial charge on any atom is 0.365 e. The number of nitrogens with two attached hydrogens (primary N) is 1. The van der Waals surface area contributed by atoms with Crippen LogP contribution in [-0.4, -0.2) is 54.6 Å². The van der Waals surface area contributed by atoms with E-state index in [9.17, 15) is 9.18 Å². The molecular formula is C17H22FN4OS+. The number of thiazole rings is 1. The highest BCUT2D eigenvalue weighted by molar-refractivity contribution is 7.15. The van der Waals surface area contributed by atoms with Crippen LogP contribution in [0.15, 0.2) is 24.3 Å². The molecule has 2 atom stereocenters. The van der Waals surface area contributed by atoms with Gasteiger partial charge in [-0.2, -0.15) is 0 Å². The Morgan fingerprint density at radius 1 is 1.46 bits per heavy atom. The number of amides is 1. The van der Waals surface area contributed by atoms with E-state index in [-0.39, 0.29) is 22.2 Å². The summed E-state index contributed by atoms with van der Waals surface area (Å²) in [6, 6.07) is 6.33. The number of likely N-dealkylation sites (N-methyl/N-ethyl adjacent to an activating group) is 1. The van der Waals surface area contributed by atoms with Crippen molar-refractivity contribution in [3.05, 3.63) is 40.8 Å². The Kier molecular flexibility index (Phi) is 4.78. The molecule has 1 aliphatic heterocycles. The first-order chi connectivity index (χ1) is 11.4. The SMILES string of the molecule is Cc1nc(C(=O)[N+]2(C)CCNC(CN)C2)c(-c2ccc(F)cc2)s1. The van der Waals surface area contributed by atoms with Crippen LogP contribution in [0.3, 0.4) is 0 Å². The Morgan fingerprint density at radius 2 is 2.17 bits per heavy atom. The molecule has 1 aromatic carbocycles. The standard InChI is InChI=1S/C17H22FN4OS/c1-11-21-15(16(24-11)12-3-5-13(18)6-4-12)17(23)22(2)8-7-20-14(9-19)10-22/h3-6,14,20H,7-10,19H2,1-2H3/q+1. The number of hydrogen-bond acceptors (Lipinski definition) is 5. The topological polar surface area (TPSA) is 68.0 Å². The zero-order valence-electron chi connectivity index (χ0n) is 13.9. The van der Waals surface area contributed by atoms with Crippen molar-refractivity contribution in [1.29, 1.82) is 0 Å². The summed E-state index contributed by atoms with van der Waals surface area (Å²) in [5.74, 6) is -0.293. The van der Waals surface area contributed by atoms with Crippen LogP contribution in [0.4, 0.5) is 4.39 Å². The van der Waals surface area contributed by atoms with E-state index < -0.39 is 0 Å². The van der Waals surface area contributed by atoms with Gasteiger partial charge in [0.2, 0.25) is 0 Å². The van der Waals surface area contributed by atoms with Crippen LogP contribution >= 0.6 is 11.3 Å². The molecule has 128 valence electrons. The highest BCUT2D eigenvalue weighted by atomic mass is 32.1. The van der Waals surface area contributed by atoms with Gasteiger partial charge in [0.05, 0.1) is 29.5 Å². The minimum Gasteiger partial charge on any atom is -0.329 e. The van der Waals surface area contributed by atoms with E-state index in [1.807, 2.05) is 14.0 Å². The maximum atomic E-state index is 13.2. The highest BCUT2D eigenvalue weighted by Crippen LogP contribution is 2.32. The fourth-order valence-electron chi connectivity index (χ4n) is 3.12. The number of carbonyl (C=O) groups excluding carboxylic acids is 1. The number of aromatic nitrogens is 1. The van der Waals surface area contributed by atoms with E-state index >= 15 is 0 Å². The molecule has 1 saturated heterocycles. The number of nitrogens with zero attached hydrogens (tertiary/aromatic N) is 2. The molecule has 7 heteroatoms. The average Bonchev–Trinajstić information content (AvgIpc) is 2.96. The summed E-state index contributed by atoms with van der Waals surface area (Å²) in [7, 11) is 1.94. The van der Waals surface area contributed by atoms with E-state index in [0.717, 1.165) is 22.0 Å². The van der Waals surface area contributed by atoms with Gasteiger partial charge >= 0.3 is 5.91 Å². The molecule has 0 radical (unpaired) electrons. The first-order valence-corrected chi connectivity index (χ1v) is 8.81. The van der Waals surface area contributed by atoms with Crippen molar-refractivity contribution in [2.45, 2.75) is 13.0 Å². The van der Waals surface area contributed by atoms with Gasteiger partial charge in [0.25, 0.3) is 0 Å². The van der Waals surface area contributed by atoms with Crippen molar-refractivity contribution in [2.24, 2.45) is 5.73 Å². The number of quaternary nitrogens is 1. The van der Waals surface area contributed by atoms with E-state index in [1.54, 1.807) is 12.1 Å². The number of rotatable bonds is 3. The third-order valence-electron chi connectivity index (χ3n) is 4.48. The van der Waals surface area contributed by atoms with E-state index in [2.05, 4.69) is 10.3 Å². The molecule has 0 spiro atoms. The van der Waals surface area contributed by atoms with Gasteiger partial charge in [0.15, 0.2) is 5.69 Å². The molecule has 3 N–H and O–H groups in total. The first-order valence-electron chi connectivity index (χ1n) is 7.99. The molecule has 2 aromatic rings. The molecule has 0 aliphatic carbocycles. The summed E-state index contributed by atoms with van der Waals surface area (Å²) in [5, 5.41) is 4.16. The number of carbonyl (C=O) groups is 1. The molecule has 0 bridgehead atoms. The molecule has 1 aliphatic rings. The van der Waals surface area contributed by atoms with Gasteiger partial charge in [-0.1, -0.05) is 12.1 Å². The molecule has 1 amide bonds. The van der Waals surface area contributed by atoms with Crippen molar-refractivity contribution in [2.75, 3.05) is 33.2 Å². The Morgan fingerprint density at radius 3 is 2.83 bits per heavy atom. The van der Waals surface area contributed by atoms with E-state index in [4.69, 9.17) is 5.73 Å². The summed E-state index contributed by atoms with van der Waals surface area (Å²) in [5.41, 5.74) is 7.07. The summed E-state index contributed by atoms with van der Waals surface area (Å²) in [6.07, 6.45) is 0. The Bertz CT molecular complexity index is 746. The van der Waals surface area contributed by atoms with Gasteiger partial charge < -0.3 is 11.1 Å². The second kappa shape index (κ2) is 6.68. The second-order valence-corrected chi connectivity index (χ2v) is 7.61. The van der Waals surface area contributed by atoms with Crippen LogP contribution in [0.25, 0.3) is 10.4 Å². The minimum absolute atomic E-state index is 0.00127. The van der Waals surface area contributed by atoms with Gasteiger partial charge in [-0.15, -0.1) is 11.3 Å². The number of nitrogens with one attached hydrogen (secondary N) is 1. The molecule has 1 fully saturated rings. The molecule has 24 heavy (non-hydrogen) atoms. The van der Waals surface area contributed by atoms with Crippen molar-refractivity contribution in [3.63, 3.8) is 0 Å². The summed E-state index contributed by atoms with van der Waals surface area (Å²) >= 11 is 1.47. The van der Waals surface area contributed by atoms with Gasteiger partial charge in [0, 0.05) is 13.1 Å². The van der Waals surface area contributed by atoms with E-state index in [1.165, 1.54) is 23.5 Å². The monoisotopic (exact) mass is 349 g/mol. The number of hydrogen-bond donors (Lipinski definition) is 2. The lowest BCUT2D eigenvalue weighted by Crippen LogP contribution is -2.64. The zero-order chi connectivity index (χ0) is 17.3. The van der Waals surface area contributed by atoms with Crippen LogP contribution in [0.2, 0.25) is 0 Å². The third-order valence-corrected chi connectivity index (χ3v) is 5.50. The van der Waals surface area contributed by atoms with Gasteiger partial charge in [-0.05, 0) is 24.6 Å². The Labute approximate surface area is 144 Å². The van der Waals surface area contributed by atoms with Crippen LogP contribution in [-0.2, 0) is 0 Å². The lowest BCUT2D eigenvalue weighted by atomic mass is 10.1. The van der Waals surface area contributed by atoms with Crippen LogP contribution in [0, 0.1) is 12.7 Å². The lowest BCUT2D eigenvalue weighted by Gasteiger charge is -2.38. The van der Waals surface area contributed by atoms with Gasteiger partial charge in [-0.3, -0.25) is 4.48 Å². The Hall–Kier alpha value is -1.67. The van der Waals surface area contributed by atoms with Crippen LogP contribution in [0.5, 0.6) is 0 Å². The molecular weight excluding hydrogens is 327 g/mol. The second-order valence-electron chi connectivity index (χ2n) is 6.41. The number of benzene rings is 1. The predicted molar refractivity (Wildman–Crippen MR) is 93.3 cm³/mol. The zero-order valence-corrected chi connectivity index (χ0v) is 14.7. The third kappa shape index (κ3) is 3.25. The van der Waals surface area contributed by atoms with Crippen molar-refractivity contribution < 1.29 is 13.7 Å². The summed E-state index contributed by atoms with van der Waals surface area (Å²) in [4.78, 5) is 18.5. The van der Waals surface area contributed by atoms with Crippen LogP contribution < -0.4 is 11.1 Å². The minimum atomic E-state index is -0.292. The highest BCUT2D eigenvalue weighted by Gasteiger charge is 2.40. The number of aryl methyl sites for hydroxylation is 1. The fraction of sp³-hybridized carbons (Fsp3) is 0.412. The van der Waals surface area contributed by atoms with Gasteiger partial charge in [-0.25, -0.2) is 14.2 Å². The molecule has 3 rings (SSSR count). The quantitative estimate of drug-likeness (QED) is 0.829. The molecule has 2 unspecified atom stereocenters. The number of piperazine rings is 1. The smallest absolute Gasteiger partial charge is 0.329 e. The fourth-order valence-corrected chi connectivity index (χ4v) is 4.04. The van der Waals surface area contributed by atoms with Gasteiger partial charge in [0.1, 0.15) is 12.4 Å². The largest absolute Gasteiger partial charge is 0.365 e. The molecule has 0 saturated carbocycles. The molecule has 1 aromatic heterocycles. The number of halogens is 1. The first kappa shape index (κ1) is 17.2. The van der Waals surface area contributed by atoms with Crippen molar-refractivity contribution >= 4 is 17.2 Å². The summed E-state index contributed by atoms with van der Waals surface area (Å²) < 4.78 is 13.5. The maximum absolute atomic E-state index is 13.2. The lowest BCUT2D eigenvalue weighted by molar-refractivity contribution is -0.833.